The van der Waals surface area contributed by atoms with Gasteiger partial charge in [-0.25, -0.2) is 0 Å². The van der Waals surface area contributed by atoms with E-state index in [9.17, 15) is 4.39 Å². The van der Waals surface area contributed by atoms with Gasteiger partial charge in [0.1, 0.15) is 5.75 Å². The van der Waals surface area contributed by atoms with Crippen molar-refractivity contribution in [2.24, 2.45) is 0 Å². The summed E-state index contributed by atoms with van der Waals surface area (Å²) in [5.74, 6) is 0.738. The minimum Gasteiger partial charge on any atom is -0.493 e. The molecule has 0 radical (unpaired) electrons. The Morgan fingerprint density at radius 2 is 2.25 bits per heavy atom. The molecule has 0 heterocycles. The third kappa shape index (κ3) is 3.99. The van der Waals surface area contributed by atoms with Crippen LogP contribution in [0.1, 0.15) is 18.9 Å². The van der Waals surface area contributed by atoms with Crippen LogP contribution < -0.4 is 10.1 Å². The van der Waals surface area contributed by atoms with Gasteiger partial charge < -0.3 is 10.1 Å². The number of hydrogen-bond donors (Lipinski definition) is 1. The number of ether oxygens (including phenoxy) is 1. The summed E-state index contributed by atoms with van der Waals surface area (Å²) >= 11 is 6.08. The van der Waals surface area contributed by atoms with E-state index >= 15 is 0 Å². The Morgan fingerprint density at radius 1 is 1.44 bits per heavy atom. The average Bonchev–Trinajstić information content (AvgIpc) is 2.28. The number of nitrogens with one attached hydrogen (secondary N) is 1. The molecule has 0 spiro atoms. The second-order valence-corrected chi connectivity index (χ2v) is 3.80. The van der Waals surface area contributed by atoms with E-state index in [1.54, 1.807) is 0 Å². The van der Waals surface area contributed by atoms with Gasteiger partial charge >= 0.3 is 0 Å². The van der Waals surface area contributed by atoms with E-state index in [0.29, 0.717) is 24.6 Å². The molecule has 0 unspecified atom stereocenters. The van der Waals surface area contributed by atoms with Crippen LogP contribution in [0.3, 0.4) is 0 Å². The van der Waals surface area contributed by atoms with Gasteiger partial charge in [0.25, 0.3) is 0 Å². The highest BCUT2D eigenvalue weighted by molar-refractivity contribution is 6.31. The van der Waals surface area contributed by atoms with Gasteiger partial charge in [0.05, 0.1) is 13.3 Å². The molecule has 1 rings (SSSR count). The zero-order valence-corrected chi connectivity index (χ0v) is 10.2. The molecule has 1 N–H and O–H groups in total. The predicted octanol–water partition coefficient (Wildman–Crippen LogP) is 3.19. The molecule has 4 heteroatoms. The molecule has 0 bridgehead atoms. The Balaban J connectivity index is 2.68. The highest BCUT2D eigenvalue weighted by Crippen LogP contribution is 2.26. The lowest BCUT2D eigenvalue weighted by Gasteiger charge is -2.12. The molecule has 1 aromatic carbocycles. The molecular weight excluding hydrogens is 229 g/mol. The van der Waals surface area contributed by atoms with Crippen LogP contribution in [0.2, 0.25) is 5.02 Å². The molecule has 0 aliphatic heterocycles. The van der Waals surface area contributed by atoms with Crippen LogP contribution in [0.15, 0.2) is 18.2 Å². The maximum atomic E-state index is 12.0. The predicted molar refractivity (Wildman–Crippen MR) is 64.9 cm³/mol. The first-order valence-electron chi connectivity index (χ1n) is 5.46. The smallest absolute Gasteiger partial charge is 0.125 e. The van der Waals surface area contributed by atoms with Gasteiger partial charge in [0, 0.05) is 23.6 Å². The Bertz CT molecular complexity index is 320. The Kier molecular flexibility index (Phi) is 6.19. The molecule has 1 aromatic rings. The van der Waals surface area contributed by atoms with Gasteiger partial charge in [0.15, 0.2) is 0 Å². The largest absolute Gasteiger partial charge is 0.493 e. The Morgan fingerprint density at radius 3 is 2.94 bits per heavy atom. The van der Waals surface area contributed by atoms with E-state index in [4.69, 9.17) is 16.3 Å². The van der Waals surface area contributed by atoms with Crippen LogP contribution in [0.4, 0.5) is 4.39 Å². The highest BCUT2D eigenvalue weighted by atomic mass is 35.5. The van der Waals surface area contributed by atoms with E-state index in [2.05, 4.69) is 5.32 Å². The lowest BCUT2D eigenvalue weighted by atomic mass is 10.2. The third-order valence-electron chi connectivity index (χ3n) is 2.16. The van der Waals surface area contributed by atoms with Crippen LogP contribution in [0.25, 0.3) is 0 Å². The zero-order chi connectivity index (χ0) is 11.8. The molecule has 0 amide bonds. The molecule has 0 atom stereocenters. The van der Waals surface area contributed by atoms with Gasteiger partial charge in [-0.05, 0) is 18.7 Å². The van der Waals surface area contributed by atoms with Crippen molar-refractivity contribution in [2.75, 3.05) is 19.8 Å². The van der Waals surface area contributed by atoms with E-state index in [1.807, 2.05) is 25.1 Å². The quantitative estimate of drug-likeness (QED) is 0.745. The fourth-order valence-corrected chi connectivity index (χ4v) is 1.57. The summed E-state index contributed by atoms with van der Waals surface area (Å²) in [7, 11) is 0. The van der Waals surface area contributed by atoms with Crippen molar-refractivity contribution in [1.29, 1.82) is 0 Å². The van der Waals surface area contributed by atoms with E-state index in [1.165, 1.54) is 0 Å². The third-order valence-corrected chi connectivity index (χ3v) is 2.52. The fourth-order valence-electron chi connectivity index (χ4n) is 1.33. The van der Waals surface area contributed by atoms with Crippen molar-refractivity contribution in [1.82, 2.24) is 5.32 Å². The summed E-state index contributed by atoms with van der Waals surface area (Å²) in [6.07, 6.45) is 0.410. The second-order valence-electron chi connectivity index (χ2n) is 3.39. The Hall–Kier alpha value is -0.800. The van der Waals surface area contributed by atoms with Crippen LogP contribution in [-0.4, -0.2) is 19.8 Å². The SMILES string of the molecule is CCNCc1c(Cl)cccc1OCCCF. The van der Waals surface area contributed by atoms with Crippen LogP contribution in [-0.2, 0) is 6.54 Å². The molecule has 0 aromatic heterocycles. The van der Waals surface area contributed by atoms with Crippen LogP contribution in [0, 0.1) is 0 Å². The van der Waals surface area contributed by atoms with Gasteiger partial charge in [-0.15, -0.1) is 0 Å². The van der Waals surface area contributed by atoms with E-state index in [0.717, 1.165) is 17.9 Å². The number of benzene rings is 1. The molecule has 0 aliphatic rings. The summed E-state index contributed by atoms with van der Waals surface area (Å²) < 4.78 is 17.5. The van der Waals surface area contributed by atoms with E-state index in [-0.39, 0.29) is 6.67 Å². The summed E-state index contributed by atoms with van der Waals surface area (Å²) in [5, 5.41) is 3.88. The van der Waals surface area contributed by atoms with Crippen molar-refractivity contribution in [3.05, 3.63) is 28.8 Å². The molecule has 0 aliphatic carbocycles. The minimum atomic E-state index is -0.358. The van der Waals surface area contributed by atoms with Crippen molar-refractivity contribution < 1.29 is 9.13 Å². The molecule has 16 heavy (non-hydrogen) atoms. The molecule has 0 saturated heterocycles. The van der Waals surface area contributed by atoms with Crippen molar-refractivity contribution >= 4 is 11.6 Å². The van der Waals surface area contributed by atoms with Gasteiger partial charge in [-0.2, -0.15) is 0 Å². The van der Waals surface area contributed by atoms with Crippen molar-refractivity contribution in [3.8, 4) is 5.75 Å². The maximum Gasteiger partial charge on any atom is 0.125 e. The first-order valence-corrected chi connectivity index (χ1v) is 5.84. The van der Waals surface area contributed by atoms with Gasteiger partial charge in [-0.3, -0.25) is 4.39 Å². The summed E-state index contributed by atoms with van der Waals surface area (Å²) in [5.41, 5.74) is 0.935. The minimum absolute atomic E-state index is 0.358. The molecule has 0 saturated carbocycles. The standard InChI is InChI=1S/C12H17ClFNO/c1-2-15-9-10-11(13)5-3-6-12(10)16-8-4-7-14/h3,5-6,15H,2,4,7-9H2,1H3. The first kappa shape index (κ1) is 13.3. The fraction of sp³-hybridized carbons (Fsp3) is 0.500. The van der Waals surface area contributed by atoms with E-state index < -0.39 is 0 Å². The monoisotopic (exact) mass is 245 g/mol. The summed E-state index contributed by atoms with van der Waals surface area (Å²) in [6, 6.07) is 5.52. The lowest BCUT2D eigenvalue weighted by molar-refractivity contribution is 0.286. The lowest BCUT2D eigenvalue weighted by Crippen LogP contribution is -2.13. The number of alkyl halides is 1. The average molecular weight is 246 g/mol. The second kappa shape index (κ2) is 7.47. The zero-order valence-electron chi connectivity index (χ0n) is 9.43. The van der Waals surface area contributed by atoms with Gasteiger partial charge in [0.2, 0.25) is 0 Å². The number of halogens is 2. The van der Waals surface area contributed by atoms with Gasteiger partial charge in [-0.1, -0.05) is 24.6 Å². The van der Waals surface area contributed by atoms with Crippen molar-refractivity contribution in [2.45, 2.75) is 19.9 Å². The highest BCUT2D eigenvalue weighted by Gasteiger charge is 2.07. The normalized spacial score (nSPS) is 10.4. The summed E-state index contributed by atoms with van der Waals surface area (Å²) in [6.45, 7) is 3.59. The first-order chi connectivity index (χ1) is 7.79. The van der Waals surface area contributed by atoms with Crippen LogP contribution in [0.5, 0.6) is 5.75 Å². The molecule has 2 nitrogen and oxygen atoms in total. The number of rotatable bonds is 7. The maximum absolute atomic E-state index is 12.0. The van der Waals surface area contributed by atoms with Crippen molar-refractivity contribution in [3.63, 3.8) is 0 Å². The molecular formula is C12H17ClFNO. The molecule has 0 fully saturated rings. The van der Waals surface area contributed by atoms with Crippen LogP contribution >= 0.6 is 11.6 Å². The Labute approximate surface area is 101 Å². The molecule has 90 valence electrons. The summed E-state index contributed by atoms with van der Waals surface area (Å²) in [4.78, 5) is 0. The number of hydrogen-bond acceptors (Lipinski definition) is 2. The topological polar surface area (TPSA) is 21.3 Å².